The molecule has 0 amide bonds. The van der Waals surface area contributed by atoms with Crippen LogP contribution in [-0.4, -0.2) is 48.1 Å². The summed E-state index contributed by atoms with van der Waals surface area (Å²) in [5.74, 6) is 1.20. The average Bonchev–Trinajstić information content (AvgIpc) is 2.25. The van der Waals surface area contributed by atoms with Gasteiger partial charge in [0.1, 0.15) is 0 Å². The van der Waals surface area contributed by atoms with Crippen LogP contribution < -0.4 is 0 Å². The van der Waals surface area contributed by atoms with E-state index in [0.717, 1.165) is 24.6 Å². The minimum atomic E-state index is -0.0509. The first-order valence-electron chi connectivity index (χ1n) is 6.22. The third-order valence-electron chi connectivity index (χ3n) is 2.74. The molecular weight excluding hydrogens is 222 g/mol. The molecule has 0 N–H and O–H groups in total. The van der Waals surface area contributed by atoms with Crippen molar-refractivity contribution >= 4 is 17.7 Å². The van der Waals surface area contributed by atoms with Crippen molar-refractivity contribution < 1.29 is 9.53 Å². The number of hydrogen-bond donors (Lipinski definition) is 0. The second-order valence-electron chi connectivity index (χ2n) is 4.24. The Morgan fingerprint density at radius 3 is 3.00 bits per heavy atom. The van der Waals surface area contributed by atoms with E-state index < -0.39 is 0 Å². The minimum Gasteiger partial charge on any atom is -0.466 e. The van der Waals surface area contributed by atoms with E-state index in [1.807, 2.05) is 6.92 Å². The molecular formula is C12H23NO2S. The summed E-state index contributed by atoms with van der Waals surface area (Å²) >= 11 is 2.06. The molecule has 1 aliphatic rings. The van der Waals surface area contributed by atoms with Gasteiger partial charge in [-0.05, 0) is 26.3 Å². The van der Waals surface area contributed by atoms with Gasteiger partial charge in [0.25, 0.3) is 0 Å². The summed E-state index contributed by atoms with van der Waals surface area (Å²) in [6.07, 6.45) is 2.64. The molecule has 4 heteroatoms. The van der Waals surface area contributed by atoms with E-state index in [0.29, 0.717) is 13.0 Å². The number of thioether (sulfide) groups is 1. The van der Waals surface area contributed by atoms with Crippen molar-refractivity contribution in [3.8, 4) is 0 Å². The fourth-order valence-electron chi connectivity index (χ4n) is 1.93. The maximum Gasteiger partial charge on any atom is 0.305 e. The van der Waals surface area contributed by atoms with Crippen molar-refractivity contribution in [3.63, 3.8) is 0 Å². The van der Waals surface area contributed by atoms with Crippen LogP contribution in [0.1, 0.15) is 33.1 Å². The van der Waals surface area contributed by atoms with Crippen LogP contribution in [-0.2, 0) is 9.53 Å². The molecule has 1 rings (SSSR count). The molecule has 16 heavy (non-hydrogen) atoms. The number of ether oxygens (including phenoxy) is 1. The third kappa shape index (κ3) is 5.75. The van der Waals surface area contributed by atoms with Gasteiger partial charge < -0.3 is 9.64 Å². The molecule has 1 fully saturated rings. The zero-order valence-corrected chi connectivity index (χ0v) is 11.2. The highest BCUT2D eigenvalue weighted by Gasteiger charge is 2.15. The lowest BCUT2D eigenvalue weighted by Gasteiger charge is -2.30. The van der Waals surface area contributed by atoms with Crippen LogP contribution >= 0.6 is 11.8 Å². The van der Waals surface area contributed by atoms with Gasteiger partial charge in [0.2, 0.25) is 0 Å². The van der Waals surface area contributed by atoms with Crippen LogP contribution in [0.15, 0.2) is 0 Å². The number of unbranched alkanes of at least 4 members (excludes halogenated alkanes) is 1. The first kappa shape index (κ1) is 13.8. The van der Waals surface area contributed by atoms with Crippen molar-refractivity contribution in [1.29, 1.82) is 0 Å². The van der Waals surface area contributed by atoms with Crippen LogP contribution in [0, 0.1) is 0 Å². The van der Waals surface area contributed by atoms with E-state index in [-0.39, 0.29) is 5.97 Å². The Balaban J connectivity index is 2.00. The summed E-state index contributed by atoms with van der Waals surface area (Å²) in [5, 5.41) is 0.763. The van der Waals surface area contributed by atoms with Crippen LogP contribution in [0.5, 0.6) is 0 Å². The zero-order chi connectivity index (χ0) is 11.8. The van der Waals surface area contributed by atoms with Crippen molar-refractivity contribution in [2.24, 2.45) is 0 Å². The molecule has 0 aliphatic carbocycles. The van der Waals surface area contributed by atoms with Gasteiger partial charge in [0.15, 0.2) is 0 Å². The number of esters is 1. The molecule has 1 aliphatic heterocycles. The largest absolute Gasteiger partial charge is 0.466 e. The Labute approximate surface area is 103 Å². The molecule has 1 unspecified atom stereocenters. The standard InChI is InChI=1S/C12H23NO2S/c1-3-15-12(14)6-4-5-7-13-8-9-16-11(2)10-13/h11H,3-10H2,1-2H3. The van der Waals surface area contributed by atoms with Gasteiger partial charge in [0, 0.05) is 30.5 Å². The summed E-state index contributed by atoms with van der Waals surface area (Å²) in [7, 11) is 0. The van der Waals surface area contributed by atoms with E-state index in [9.17, 15) is 4.79 Å². The van der Waals surface area contributed by atoms with Crippen molar-refractivity contribution in [2.75, 3.05) is 32.0 Å². The molecule has 0 saturated carbocycles. The summed E-state index contributed by atoms with van der Waals surface area (Å²) in [4.78, 5) is 13.6. The monoisotopic (exact) mass is 245 g/mol. The Hall–Kier alpha value is -0.220. The lowest BCUT2D eigenvalue weighted by molar-refractivity contribution is -0.143. The van der Waals surface area contributed by atoms with E-state index in [1.54, 1.807) is 0 Å². The van der Waals surface area contributed by atoms with Gasteiger partial charge in [-0.25, -0.2) is 0 Å². The number of carbonyl (C=O) groups excluding carboxylic acids is 1. The molecule has 1 atom stereocenters. The summed E-state index contributed by atoms with van der Waals surface area (Å²) in [6, 6.07) is 0. The lowest BCUT2D eigenvalue weighted by atomic mass is 10.2. The van der Waals surface area contributed by atoms with Crippen molar-refractivity contribution in [3.05, 3.63) is 0 Å². The van der Waals surface area contributed by atoms with Gasteiger partial charge in [0.05, 0.1) is 6.61 Å². The predicted octanol–water partition coefficient (Wildman–Crippen LogP) is 2.16. The Morgan fingerprint density at radius 1 is 1.50 bits per heavy atom. The normalized spacial score (nSPS) is 22.0. The van der Waals surface area contributed by atoms with Crippen LogP contribution in [0.2, 0.25) is 0 Å². The quantitative estimate of drug-likeness (QED) is 0.530. The third-order valence-corrected chi connectivity index (χ3v) is 3.87. The fraction of sp³-hybridized carbons (Fsp3) is 0.917. The topological polar surface area (TPSA) is 29.5 Å². The predicted molar refractivity (Wildman–Crippen MR) is 68.8 cm³/mol. The summed E-state index contributed by atoms with van der Waals surface area (Å²) in [6.45, 7) is 8.17. The summed E-state index contributed by atoms with van der Waals surface area (Å²) < 4.78 is 4.90. The number of hydrogen-bond acceptors (Lipinski definition) is 4. The highest BCUT2D eigenvalue weighted by Crippen LogP contribution is 2.17. The molecule has 0 aromatic rings. The van der Waals surface area contributed by atoms with Gasteiger partial charge in [-0.3, -0.25) is 4.79 Å². The second kappa shape index (κ2) is 7.96. The van der Waals surface area contributed by atoms with Gasteiger partial charge in [-0.1, -0.05) is 6.92 Å². The Morgan fingerprint density at radius 2 is 2.31 bits per heavy atom. The zero-order valence-electron chi connectivity index (χ0n) is 10.4. The number of nitrogens with zero attached hydrogens (tertiary/aromatic N) is 1. The van der Waals surface area contributed by atoms with E-state index in [4.69, 9.17) is 4.74 Å². The van der Waals surface area contributed by atoms with E-state index in [1.165, 1.54) is 18.8 Å². The van der Waals surface area contributed by atoms with E-state index >= 15 is 0 Å². The van der Waals surface area contributed by atoms with Crippen molar-refractivity contribution in [1.82, 2.24) is 4.90 Å². The number of rotatable bonds is 6. The molecule has 0 bridgehead atoms. The van der Waals surface area contributed by atoms with E-state index in [2.05, 4.69) is 23.6 Å². The summed E-state index contributed by atoms with van der Waals surface area (Å²) in [5.41, 5.74) is 0. The average molecular weight is 245 g/mol. The van der Waals surface area contributed by atoms with Crippen molar-refractivity contribution in [2.45, 2.75) is 38.4 Å². The Bertz CT molecular complexity index is 211. The molecule has 94 valence electrons. The van der Waals surface area contributed by atoms with Crippen LogP contribution in [0.3, 0.4) is 0 Å². The van der Waals surface area contributed by atoms with Gasteiger partial charge >= 0.3 is 5.97 Å². The Kier molecular flexibility index (Phi) is 6.88. The second-order valence-corrected chi connectivity index (χ2v) is 5.79. The molecule has 0 radical (unpaired) electrons. The molecule has 0 spiro atoms. The maximum atomic E-state index is 11.1. The van der Waals surface area contributed by atoms with Crippen LogP contribution in [0.25, 0.3) is 0 Å². The first-order chi connectivity index (χ1) is 7.72. The molecule has 1 heterocycles. The minimum absolute atomic E-state index is 0.0509. The molecule has 0 aromatic heterocycles. The number of carbonyl (C=O) groups is 1. The van der Waals surface area contributed by atoms with Crippen LogP contribution in [0.4, 0.5) is 0 Å². The smallest absolute Gasteiger partial charge is 0.305 e. The van der Waals surface area contributed by atoms with Gasteiger partial charge in [-0.15, -0.1) is 0 Å². The SMILES string of the molecule is CCOC(=O)CCCCN1CCSC(C)C1. The molecule has 0 aromatic carbocycles. The maximum absolute atomic E-state index is 11.1. The van der Waals surface area contributed by atoms with Gasteiger partial charge in [-0.2, -0.15) is 11.8 Å². The molecule has 3 nitrogen and oxygen atoms in total. The first-order valence-corrected chi connectivity index (χ1v) is 7.26. The molecule has 1 saturated heterocycles. The highest BCUT2D eigenvalue weighted by atomic mass is 32.2. The lowest BCUT2D eigenvalue weighted by Crippen LogP contribution is -2.37. The highest BCUT2D eigenvalue weighted by molar-refractivity contribution is 7.99. The fourth-order valence-corrected chi connectivity index (χ4v) is 3.01.